The van der Waals surface area contributed by atoms with Crippen molar-refractivity contribution in [2.45, 2.75) is 0 Å². The van der Waals surface area contributed by atoms with Crippen LogP contribution in [0.2, 0.25) is 0 Å². The number of ether oxygens (including phenoxy) is 1. The molecule has 2 aromatic heterocycles. The predicted molar refractivity (Wildman–Crippen MR) is 66.7 cm³/mol. The van der Waals surface area contributed by atoms with Gasteiger partial charge in [-0.25, -0.2) is 9.78 Å². The van der Waals surface area contributed by atoms with Crippen LogP contribution >= 0.6 is 0 Å². The Morgan fingerprint density at radius 1 is 1.28 bits per heavy atom. The number of hydrogen-bond acceptors (Lipinski definition) is 3. The number of rotatable bonds is 3. The van der Waals surface area contributed by atoms with E-state index in [0.29, 0.717) is 5.88 Å². The van der Waals surface area contributed by atoms with Crippen molar-refractivity contribution in [3.8, 4) is 5.88 Å². The van der Waals surface area contributed by atoms with Crippen molar-refractivity contribution in [1.29, 1.82) is 0 Å². The van der Waals surface area contributed by atoms with Crippen LogP contribution in [-0.2, 0) is 4.79 Å². The third-order valence-electron chi connectivity index (χ3n) is 2.71. The van der Waals surface area contributed by atoms with Gasteiger partial charge in [-0.05, 0) is 6.07 Å². The van der Waals surface area contributed by atoms with Crippen molar-refractivity contribution in [3.63, 3.8) is 0 Å². The number of carboxylic acid groups (broad SMARTS) is 1. The zero-order chi connectivity index (χ0) is 12.5. The third kappa shape index (κ3) is 1.75. The highest BCUT2D eigenvalue weighted by Gasteiger charge is 2.07. The van der Waals surface area contributed by atoms with Gasteiger partial charge in [0.1, 0.15) is 0 Å². The highest BCUT2D eigenvalue weighted by Crippen LogP contribution is 2.26. The van der Waals surface area contributed by atoms with Crippen LogP contribution in [0.15, 0.2) is 36.5 Å². The quantitative estimate of drug-likeness (QED) is 0.738. The van der Waals surface area contributed by atoms with Gasteiger partial charge < -0.3 is 14.8 Å². The van der Waals surface area contributed by atoms with E-state index in [9.17, 15) is 4.79 Å². The molecule has 0 radical (unpaired) electrons. The molecule has 5 nitrogen and oxygen atoms in total. The van der Waals surface area contributed by atoms with Crippen molar-refractivity contribution in [3.05, 3.63) is 36.5 Å². The van der Waals surface area contributed by atoms with Crippen molar-refractivity contribution in [2.75, 3.05) is 6.61 Å². The van der Waals surface area contributed by atoms with Crippen LogP contribution < -0.4 is 4.74 Å². The summed E-state index contributed by atoms with van der Waals surface area (Å²) in [6.07, 6.45) is 1.65. The summed E-state index contributed by atoms with van der Waals surface area (Å²) in [5.41, 5.74) is 1.92. The molecule has 3 aromatic rings. The Hall–Kier alpha value is -2.56. The first-order valence-corrected chi connectivity index (χ1v) is 5.45. The number of carbonyl (C=O) groups is 1. The number of aromatic nitrogens is 2. The summed E-state index contributed by atoms with van der Waals surface area (Å²) in [4.78, 5) is 17.7. The molecular formula is C13H10N2O3. The van der Waals surface area contributed by atoms with Crippen LogP contribution in [-0.4, -0.2) is 27.7 Å². The lowest BCUT2D eigenvalue weighted by Crippen LogP contribution is -2.09. The lowest BCUT2D eigenvalue weighted by Gasteiger charge is -2.01. The number of aliphatic carboxylic acids is 1. The fourth-order valence-electron chi connectivity index (χ4n) is 1.95. The molecule has 2 heterocycles. The fourth-order valence-corrected chi connectivity index (χ4v) is 1.95. The predicted octanol–water partition coefficient (Wildman–Crippen LogP) is 2.18. The summed E-state index contributed by atoms with van der Waals surface area (Å²) in [7, 11) is 0. The van der Waals surface area contributed by atoms with Gasteiger partial charge in [0.2, 0.25) is 5.88 Å². The molecule has 5 heteroatoms. The number of benzene rings is 1. The second-order valence-electron chi connectivity index (χ2n) is 3.92. The first-order chi connectivity index (χ1) is 8.74. The van der Waals surface area contributed by atoms with Crippen molar-refractivity contribution in [2.24, 2.45) is 0 Å². The van der Waals surface area contributed by atoms with Crippen LogP contribution in [0.25, 0.3) is 21.8 Å². The summed E-state index contributed by atoms with van der Waals surface area (Å²) in [6.45, 7) is -0.388. The molecule has 18 heavy (non-hydrogen) atoms. The summed E-state index contributed by atoms with van der Waals surface area (Å²) in [6, 6.07) is 9.63. The summed E-state index contributed by atoms with van der Waals surface area (Å²) in [5.74, 6) is -0.703. The van der Waals surface area contributed by atoms with Gasteiger partial charge in [-0.1, -0.05) is 18.2 Å². The first-order valence-electron chi connectivity index (χ1n) is 5.45. The lowest BCUT2D eigenvalue weighted by molar-refractivity contribution is -0.139. The highest BCUT2D eigenvalue weighted by molar-refractivity contribution is 6.07. The van der Waals surface area contributed by atoms with Gasteiger partial charge in [0.05, 0.1) is 11.7 Å². The smallest absolute Gasteiger partial charge is 0.341 e. The zero-order valence-electron chi connectivity index (χ0n) is 9.38. The number of nitrogens with zero attached hydrogens (tertiary/aromatic N) is 1. The standard InChI is InChI=1S/C13H10N2O3/c16-13(17)7-18-12-5-9-8-3-1-2-4-10(8)15-11(9)6-14-12/h1-6,15H,7H2,(H,16,17). The minimum atomic E-state index is -1.02. The topological polar surface area (TPSA) is 75.2 Å². The van der Waals surface area contributed by atoms with Gasteiger partial charge in [0, 0.05) is 22.4 Å². The van der Waals surface area contributed by atoms with Crippen LogP contribution in [0.5, 0.6) is 5.88 Å². The third-order valence-corrected chi connectivity index (χ3v) is 2.71. The first kappa shape index (κ1) is 10.6. The van der Waals surface area contributed by atoms with Gasteiger partial charge in [0.25, 0.3) is 0 Å². The molecule has 2 N–H and O–H groups in total. The van der Waals surface area contributed by atoms with E-state index in [4.69, 9.17) is 9.84 Å². The van der Waals surface area contributed by atoms with E-state index >= 15 is 0 Å². The van der Waals surface area contributed by atoms with E-state index < -0.39 is 5.97 Å². The summed E-state index contributed by atoms with van der Waals surface area (Å²) in [5, 5.41) is 10.6. The van der Waals surface area contributed by atoms with Crippen LogP contribution in [0.3, 0.4) is 0 Å². The molecule has 0 aliphatic rings. The molecule has 0 atom stereocenters. The van der Waals surface area contributed by atoms with E-state index in [0.717, 1.165) is 21.8 Å². The Balaban J connectivity index is 2.09. The maximum atomic E-state index is 10.4. The summed E-state index contributed by atoms with van der Waals surface area (Å²) >= 11 is 0. The van der Waals surface area contributed by atoms with E-state index in [2.05, 4.69) is 9.97 Å². The average Bonchev–Trinajstić information content (AvgIpc) is 2.74. The minimum Gasteiger partial charge on any atom is -0.479 e. The Morgan fingerprint density at radius 2 is 2.11 bits per heavy atom. The second-order valence-corrected chi connectivity index (χ2v) is 3.92. The number of hydrogen-bond donors (Lipinski definition) is 2. The number of H-pyrrole nitrogens is 1. The monoisotopic (exact) mass is 242 g/mol. The lowest BCUT2D eigenvalue weighted by atomic mass is 10.2. The molecule has 0 bridgehead atoms. The van der Waals surface area contributed by atoms with Crippen LogP contribution in [0, 0.1) is 0 Å². The highest BCUT2D eigenvalue weighted by atomic mass is 16.5. The van der Waals surface area contributed by atoms with Gasteiger partial charge in [-0.15, -0.1) is 0 Å². The van der Waals surface area contributed by atoms with Crippen LogP contribution in [0.4, 0.5) is 0 Å². The minimum absolute atomic E-state index is 0.314. The number of para-hydroxylation sites is 1. The van der Waals surface area contributed by atoms with Gasteiger partial charge in [0.15, 0.2) is 6.61 Å². The number of carboxylic acids is 1. The van der Waals surface area contributed by atoms with E-state index in [1.54, 1.807) is 12.3 Å². The molecule has 0 amide bonds. The molecule has 90 valence electrons. The Labute approximate surface area is 102 Å². The molecular weight excluding hydrogens is 232 g/mol. The maximum Gasteiger partial charge on any atom is 0.341 e. The summed E-state index contributed by atoms with van der Waals surface area (Å²) < 4.78 is 5.07. The molecule has 3 rings (SSSR count). The number of aromatic amines is 1. The van der Waals surface area contributed by atoms with E-state index in [1.165, 1.54) is 0 Å². The van der Waals surface area contributed by atoms with Gasteiger partial charge in [-0.3, -0.25) is 0 Å². The molecule has 0 saturated carbocycles. The molecule has 1 aromatic carbocycles. The molecule has 0 saturated heterocycles. The largest absolute Gasteiger partial charge is 0.479 e. The fraction of sp³-hybridized carbons (Fsp3) is 0.0769. The van der Waals surface area contributed by atoms with Crippen LogP contribution in [0.1, 0.15) is 0 Å². The number of nitrogens with one attached hydrogen (secondary N) is 1. The zero-order valence-corrected chi connectivity index (χ0v) is 9.38. The van der Waals surface area contributed by atoms with E-state index in [-0.39, 0.29) is 6.61 Å². The second kappa shape index (κ2) is 4.03. The van der Waals surface area contributed by atoms with Gasteiger partial charge >= 0.3 is 5.97 Å². The van der Waals surface area contributed by atoms with Gasteiger partial charge in [-0.2, -0.15) is 0 Å². The van der Waals surface area contributed by atoms with Crippen molar-refractivity contribution >= 4 is 27.8 Å². The van der Waals surface area contributed by atoms with Crippen molar-refractivity contribution in [1.82, 2.24) is 9.97 Å². The maximum absolute atomic E-state index is 10.4. The van der Waals surface area contributed by atoms with E-state index in [1.807, 2.05) is 24.3 Å². The number of fused-ring (bicyclic) bond motifs is 3. The Morgan fingerprint density at radius 3 is 2.94 bits per heavy atom. The SMILES string of the molecule is O=C(O)COc1cc2c(cn1)[nH]c1ccccc12. The normalized spacial score (nSPS) is 10.9. The van der Waals surface area contributed by atoms with Crippen molar-refractivity contribution < 1.29 is 14.6 Å². The molecule has 0 fully saturated rings. The molecule has 0 aliphatic carbocycles. The Kier molecular flexibility index (Phi) is 2.37. The molecule has 0 aliphatic heterocycles. The molecule has 0 spiro atoms. The number of pyridine rings is 1. The Bertz CT molecular complexity index is 733. The molecule has 0 unspecified atom stereocenters. The average molecular weight is 242 g/mol.